The average Bonchev–Trinajstić information content (AvgIpc) is 2.84. The van der Waals surface area contributed by atoms with E-state index >= 15 is 0 Å². The minimum absolute atomic E-state index is 0.00322. The number of nitrogens with two attached hydrogens (primary N) is 3. The van der Waals surface area contributed by atoms with Gasteiger partial charge in [-0.15, -0.1) is 0 Å². The number of nitrogens with zero attached hydrogens (tertiary/aromatic N) is 4. The van der Waals surface area contributed by atoms with E-state index in [4.69, 9.17) is 21.9 Å². The molecule has 8 nitrogen and oxygen atoms in total. The van der Waals surface area contributed by atoms with Gasteiger partial charge in [0.25, 0.3) is 0 Å². The molecule has 0 aliphatic carbocycles. The quantitative estimate of drug-likeness (QED) is 0.540. The van der Waals surface area contributed by atoms with Crippen molar-refractivity contribution in [2.45, 2.75) is 25.5 Å². The van der Waals surface area contributed by atoms with Gasteiger partial charge >= 0.3 is 0 Å². The van der Waals surface area contributed by atoms with Gasteiger partial charge < -0.3 is 21.9 Å². The van der Waals surface area contributed by atoms with Gasteiger partial charge in [-0.25, -0.2) is 9.67 Å². The first-order valence-electron chi connectivity index (χ1n) is 7.28. The Labute approximate surface area is 141 Å². The van der Waals surface area contributed by atoms with Crippen LogP contribution in [0.5, 0.6) is 0 Å². The molecule has 6 N–H and O–H groups in total. The SMILES string of the molecule is NC(N)=NC(N)=Nc1ccc2c(c1)c(Br)nn2C1CCCCO1. The van der Waals surface area contributed by atoms with Crippen molar-refractivity contribution < 1.29 is 4.74 Å². The molecular weight excluding hydrogens is 362 g/mol. The molecule has 1 fully saturated rings. The van der Waals surface area contributed by atoms with E-state index < -0.39 is 0 Å². The molecule has 3 rings (SSSR count). The first kappa shape index (κ1) is 15.8. The Balaban J connectivity index is 1.98. The molecular formula is C14H18BrN7O. The maximum absolute atomic E-state index is 5.81. The van der Waals surface area contributed by atoms with Crippen LogP contribution < -0.4 is 17.2 Å². The van der Waals surface area contributed by atoms with E-state index in [2.05, 4.69) is 31.0 Å². The van der Waals surface area contributed by atoms with Gasteiger partial charge in [0.2, 0.25) is 5.96 Å². The van der Waals surface area contributed by atoms with Crippen molar-refractivity contribution in [1.29, 1.82) is 0 Å². The molecule has 0 saturated carbocycles. The number of hydrogen-bond acceptors (Lipinski definition) is 3. The number of fused-ring (bicyclic) bond motifs is 1. The van der Waals surface area contributed by atoms with E-state index in [1.807, 2.05) is 22.9 Å². The summed E-state index contributed by atoms with van der Waals surface area (Å²) in [4.78, 5) is 7.87. The van der Waals surface area contributed by atoms with E-state index in [1.165, 1.54) is 0 Å². The van der Waals surface area contributed by atoms with E-state index in [0.717, 1.165) is 41.4 Å². The summed E-state index contributed by atoms with van der Waals surface area (Å²) in [5, 5.41) is 5.47. The minimum atomic E-state index is -0.129. The fourth-order valence-electron chi connectivity index (χ4n) is 2.59. The van der Waals surface area contributed by atoms with E-state index in [9.17, 15) is 0 Å². The summed E-state index contributed by atoms with van der Waals surface area (Å²) in [7, 11) is 0. The molecule has 1 aromatic heterocycles. The molecule has 0 amide bonds. The summed E-state index contributed by atoms with van der Waals surface area (Å²) in [6, 6.07) is 5.65. The predicted molar refractivity (Wildman–Crippen MR) is 93.4 cm³/mol. The fourth-order valence-corrected chi connectivity index (χ4v) is 3.08. The monoisotopic (exact) mass is 379 g/mol. The molecule has 9 heteroatoms. The molecule has 1 unspecified atom stereocenters. The van der Waals surface area contributed by atoms with Crippen molar-refractivity contribution in [2.24, 2.45) is 27.2 Å². The summed E-state index contributed by atoms with van der Waals surface area (Å²) in [6.07, 6.45) is 3.17. The number of hydrogen-bond donors (Lipinski definition) is 3. The highest BCUT2D eigenvalue weighted by Crippen LogP contribution is 2.32. The summed E-state index contributed by atoms with van der Waals surface area (Å²) < 4.78 is 8.45. The highest BCUT2D eigenvalue weighted by molar-refractivity contribution is 9.10. The van der Waals surface area contributed by atoms with Crippen LogP contribution in [0.1, 0.15) is 25.5 Å². The van der Waals surface area contributed by atoms with Crippen LogP contribution in [0.25, 0.3) is 10.9 Å². The van der Waals surface area contributed by atoms with Gasteiger partial charge in [-0.1, -0.05) is 0 Å². The number of ether oxygens (including phenoxy) is 1. The molecule has 23 heavy (non-hydrogen) atoms. The van der Waals surface area contributed by atoms with Crippen molar-refractivity contribution in [3.8, 4) is 0 Å². The summed E-state index contributed by atoms with van der Waals surface area (Å²) in [5.41, 5.74) is 17.8. The van der Waals surface area contributed by atoms with Crippen molar-refractivity contribution in [3.63, 3.8) is 0 Å². The second-order valence-corrected chi connectivity index (χ2v) is 6.02. The standard InChI is InChI=1S/C14H18BrN7O/c15-12-9-7-8(19-14(18)20-13(16)17)4-5-10(9)22(21-12)11-3-1-2-6-23-11/h4-5,7,11H,1-3,6H2,(H6,16,17,18,19,20). The van der Waals surface area contributed by atoms with Gasteiger partial charge in [0, 0.05) is 12.0 Å². The topological polar surface area (TPSA) is 130 Å². The lowest BCUT2D eigenvalue weighted by Crippen LogP contribution is -2.26. The Morgan fingerprint density at radius 2 is 2.13 bits per heavy atom. The summed E-state index contributed by atoms with van der Waals surface area (Å²) in [5.74, 6) is -0.126. The Hall–Kier alpha value is -2.13. The average molecular weight is 380 g/mol. The number of rotatable bonds is 2. The van der Waals surface area contributed by atoms with Crippen LogP contribution in [-0.4, -0.2) is 28.3 Å². The van der Waals surface area contributed by atoms with Crippen molar-refractivity contribution in [1.82, 2.24) is 9.78 Å². The predicted octanol–water partition coefficient (Wildman–Crippen LogP) is 1.72. The molecule has 0 bridgehead atoms. The number of guanidine groups is 2. The Morgan fingerprint density at radius 3 is 2.83 bits per heavy atom. The Morgan fingerprint density at radius 1 is 1.30 bits per heavy atom. The lowest BCUT2D eigenvalue weighted by molar-refractivity contribution is -0.0368. The molecule has 122 valence electrons. The lowest BCUT2D eigenvalue weighted by Gasteiger charge is -2.23. The van der Waals surface area contributed by atoms with Gasteiger partial charge in [-0.3, -0.25) is 0 Å². The summed E-state index contributed by atoms with van der Waals surface area (Å²) >= 11 is 3.49. The first-order valence-corrected chi connectivity index (χ1v) is 8.07. The Kier molecular flexibility index (Phi) is 4.49. The van der Waals surface area contributed by atoms with Crippen molar-refractivity contribution in [3.05, 3.63) is 22.8 Å². The number of halogens is 1. The van der Waals surface area contributed by atoms with Crippen molar-refractivity contribution >= 4 is 44.4 Å². The highest BCUT2D eigenvalue weighted by Gasteiger charge is 2.20. The fraction of sp³-hybridized carbons (Fsp3) is 0.357. The van der Waals surface area contributed by atoms with Crippen LogP contribution >= 0.6 is 15.9 Å². The maximum atomic E-state index is 5.81. The van der Waals surface area contributed by atoms with Crippen LogP contribution in [0, 0.1) is 0 Å². The molecule has 1 aliphatic rings. The second-order valence-electron chi connectivity index (χ2n) is 5.26. The normalized spacial score (nSPS) is 19.0. The van der Waals surface area contributed by atoms with Gasteiger partial charge in [0.15, 0.2) is 12.2 Å². The molecule has 2 aromatic rings. The number of aromatic nitrogens is 2. The first-order chi connectivity index (χ1) is 11.0. The molecule has 0 spiro atoms. The summed E-state index contributed by atoms with van der Waals surface area (Å²) in [6.45, 7) is 0.765. The van der Waals surface area contributed by atoms with Crippen LogP contribution in [0.15, 0.2) is 32.8 Å². The Bertz CT molecular complexity index is 773. The largest absolute Gasteiger partial charge is 0.370 e. The zero-order chi connectivity index (χ0) is 16.4. The number of aliphatic imine (C=N–C) groups is 2. The third kappa shape index (κ3) is 3.45. The minimum Gasteiger partial charge on any atom is -0.370 e. The maximum Gasteiger partial charge on any atom is 0.223 e. The van der Waals surface area contributed by atoms with Gasteiger partial charge in [-0.2, -0.15) is 10.1 Å². The molecule has 1 aliphatic heterocycles. The zero-order valence-electron chi connectivity index (χ0n) is 12.4. The highest BCUT2D eigenvalue weighted by atomic mass is 79.9. The van der Waals surface area contributed by atoms with Crippen LogP contribution in [-0.2, 0) is 4.74 Å². The van der Waals surface area contributed by atoms with Gasteiger partial charge in [0.1, 0.15) is 4.60 Å². The smallest absolute Gasteiger partial charge is 0.223 e. The third-order valence-electron chi connectivity index (χ3n) is 3.56. The molecule has 1 saturated heterocycles. The van der Waals surface area contributed by atoms with E-state index in [0.29, 0.717) is 5.69 Å². The third-order valence-corrected chi connectivity index (χ3v) is 4.15. The van der Waals surface area contributed by atoms with Crippen LogP contribution in [0.4, 0.5) is 5.69 Å². The van der Waals surface area contributed by atoms with Crippen LogP contribution in [0.2, 0.25) is 0 Å². The number of benzene rings is 1. The van der Waals surface area contributed by atoms with E-state index in [1.54, 1.807) is 0 Å². The van der Waals surface area contributed by atoms with Crippen LogP contribution in [0.3, 0.4) is 0 Å². The van der Waals surface area contributed by atoms with Gasteiger partial charge in [0.05, 0.1) is 11.2 Å². The zero-order valence-corrected chi connectivity index (χ0v) is 14.0. The molecule has 2 heterocycles. The molecule has 1 atom stereocenters. The molecule has 1 aromatic carbocycles. The van der Waals surface area contributed by atoms with Crippen molar-refractivity contribution in [2.75, 3.05) is 6.61 Å². The second kappa shape index (κ2) is 6.55. The molecule has 0 radical (unpaired) electrons. The van der Waals surface area contributed by atoms with E-state index in [-0.39, 0.29) is 18.1 Å². The lowest BCUT2D eigenvalue weighted by atomic mass is 10.2. The van der Waals surface area contributed by atoms with Gasteiger partial charge in [-0.05, 0) is 53.4 Å².